The van der Waals surface area contributed by atoms with Gasteiger partial charge >= 0.3 is 5.97 Å². The largest absolute Gasteiger partial charge is 0.481 e. The lowest BCUT2D eigenvalue weighted by molar-refractivity contribution is -0.140. The zero-order valence-corrected chi connectivity index (χ0v) is 10.2. The molecule has 17 heavy (non-hydrogen) atoms. The predicted molar refractivity (Wildman–Crippen MR) is 64.7 cm³/mol. The van der Waals surface area contributed by atoms with Crippen LogP contribution in [0.5, 0.6) is 0 Å². The second-order valence-corrected chi connectivity index (χ2v) is 5.30. The first-order chi connectivity index (χ1) is 8.02. The highest BCUT2D eigenvalue weighted by atomic mass is 32.2. The molecule has 2 unspecified atom stereocenters. The van der Waals surface area contributed by atoms with Crippen molar-refractivity contribution in [3.05, 3.63) is 35.4 Å². The molecule has 0 spiro atoms. The van der Waals surface area contributed by atoms with E-state index in [1.165, 1.54) is 0 Å². The van der Waals surface area contributed by atoms with E-state index >= 15 is 0 Å². The summed E-state index contributed by atoms with van der Waals surface area (Å²) in [4.78, 5) is 10.6. The van der Waals surface area contributed by atoms with Crippen LogP contribution in [0, 0.1) is 17.2 Å². The molecule has 0 fully saturated rings. The summed E-state index contributed by atoms with van der Waals surface area (Å²) in [6.45, 7) is 1.54. The number of carboxylic acids is 1. The first kappa shape index (κ1) is 13.4. The summed E-state index contributed by atoms with van der Waals surface area (Å²) >= 11 is 0. The molecule has 0 heterocycles. The van der Waals surface area contributed by atoms with Crippen LogP contribution in [0.4, 0.5) is 0 Å². The number of hydrogen-bond donors (Lipinski definition) is 1. The minimum atomic E-state index is -1.19. The summed E-state index contributed by atoms with van der Waals surface area (Å²) in [5.74, 6) is -1.06. The summed E-state index contributed by atoms with van der Waals surface area (Å²) in [5, 5.41) is 17.3. The van der Waals surface area contributed by atoms with Crippen LogP contribution in [0.1, 0.15) is 18.1 Å². The quantitative estimate of drug-likeness (QED) is 0.860. The summed E-state index contributed by atoms with van der Waals surface area (Å²) in [6, 6.07) is 8.80. The van der Waals surface area contributed by atoms with Gasteiger partial charge in [0.25, 0.3) is 0 Å². The van der Waals surface area contributed by atoms with E-state index in [-0.39, 0.29) is 5.75 Å². The highest BCUT2D eigenvalue weighted by Gasteiger charge is 2.14. The minimum Gasteiger partial charge on any atom is -0.481 e. The van der Waals surface area contributed by atoms with Crippen molar-refractivity contribution in [1.29, 1.82) is 5.26 Å². The van der Waals surface area contributed by atoms with E-state index in [0.717, 1.165) is 5.56 Å². The van der Waals surface area contributed by atoms with Gasteiger partial charge in [-0.15, -0.1) is 0 Å². The molecule has 5 heteroatoms. The Labute approximate surface area is 102 Å². The Balaban J connectivity index is 2.56. The van der Waals surface area contributed by atoms with Gasteiger partial charge in [0.2, 0.25) is 0 Å². The van der Waals surface area contributed by atoms with Gasteiger partial charge in [-0.25, -0.2) is 0 Å². The summed E-state index contributed by atoms with van der Waals surface area (Å²) in [7, 11) is -1.19. The molecule has 0 saturated heterocycles. The van der Waals surface area contributed by atoms with Gasteiger partial charge in [-0.2, -0.15) is 5.26 Å². The number of rotatable bonds is 5. The van der Waals surface area contributed by atoms with Crippen LogP contribution in [0.2, 0.25) is 0 Å². The number of hydrogen-bond acceptors (Lipinski definition) is 3. The molecule has 1 N–H and O–H groups in total. The van der Waals surface area contributed by atoms with E-state index in [2.05, 4.69) is 0 Å². The van der Waals surface area contributed by atoms with E-state index in [1.807, 2.05) is 6.07 Å². The Kier molecular flexibility index (Phi) is 4.85. The number of nitriles is 1. The first-order valence-corrected chi connectivity index (χ1v) is 6.58. The Morgan fingerprint density at radius 1 is 1.47 bits per heavy atom. The van der Waals surface area contributed by atoms with Crippen molar-refractivity contribution in [2.75, 3.05) is 5.75 Å². The fraction of sp³-hybridized carbons (Fsp3) is 0.333. The first-order valence-electron chi connectivity index (χ1n) is 5.09. The normalized spacial score (nSPS) is 13.6. The van der Waals surface area contributed by atoms with E-state index in [1.54, 1.807) is 31.2 Å². The Bertz CT molecular complexity index is 462. The number of carboxylic acid groups (broad SMARTS) is 1. The highest BCUT2D eigenvalue weighted by molar-refractivity contribution is 7.84. The number of nitrogens with zero attached hydrogens (tertiary/aromatic N) is 1. The molecule has 4 nitrogen and oxygen atoms in total. The zero-order chi connectivity index (χ0) is 12.8. The van der Waals surface area contributed by atoms with E-state index in [0.29, 0.717) is 11.3 Å². The van der Waals surface area contributed by atoms with Gasteiger partial charge in [0.1, 0.15) is 0 Å². The third-order valence-electron chi connectivity index (χ3n) is 2.27. The van der Waals surface area contributed by atoms with E-state index < -0.39 is 22.7 Å². The highest BCUT2D eigenvalue weighted by Crippen LogP contribution is 2.08. The Morgan fingerprint density at radius 2 is 2.06 bits per heavy atom. The third kappa shape index (κ3) is 4.37. The fourth-order valence-electron chi connectivity index (χ4n) is 1.27. The van der Waals surface area contributed by atoms with Crippen LogP contribution < -0.4 is 0 Å². The lowest BCUT2D eigenvalue weighted by Gasteiger charge is -2.06. The van der Waals surface area contributed by atoms with Crippen molar-refractivity contribution in [2.45, 2.75) is 12.7 Å². The molecule has 1 rings (SSSR count). The molecule has 2 atom stereocenters. The van der Waals surface area contributed by atoms with Gasteiger partial charge in [0, 0.05) is 22.3 Å². The zero-order valence-electron chi connectivity index (χ0n) is 9.42. The Hall–Kier alpha value is -1.67. The molecule has 0 radical (unpaired) electrons. The molecular formula is C12H13NO3S. The fourth-order valence-corrected chi connectivity index (χ4v) is 2.65. The van der Waals surface area contributed by atoms with Crippen LogP contribution in [-0.4, -0.2) is 21.0 Å². The van der Waals surface area contributed by atoms with Crippen molar-refractivity contribution in [3.8, 4) is 6.07 Å². The van der Waals surface area contributed by atoms with Crippen molar-refractivity contribution < 1.29 is 14.1 Å². The SMILES string of the molecule is CC(CS(=O)Cc1ccc(C#N)cc1)C(=O)O. The average Bonchev–Trinajstić information content (AvgIpc) is 2.29. The molecule has 0 amide bonds. The predicted octanol–water partition coefficient (Wildman–Crippen LogP) is 1.53. The molecule has 1 aromatic carbocycles. The molecule has 0 bridgehead atoms. The lowest BCUT2D eigenvalue weighted by atomic mass is 10.2. The van der Waals surface area contributed by atoms with E-state index in [9.17, 15) is 9.00 Å². The number of carbonyl (C=O) groups is 1. The Morgan fingerprint density at radius 3 is 2.53 bits per heavy atom. The van der Waals surface area contributed by atoms with Gasteiger partial charge < -0.3 is 5.11 Å². The van der Waals surface area contributed by atoms with Gasteiger partial charge in [-0.05, 0) is 17.7 Å². The van der Waals surface area contributed by atoms with Crippen molar-refractivity contribution >= 4 is 16.8 Å². The smallest absolute Gasteiger partial charge is 0.307 e. The average molecular weight is 251 g/mol. The molecule has 90 valence electrons. The molecular weight excluding hydrogens is 238 g/mol. The molecule has 0 aliphatic carbocycles. The second-order valence-electron chi connectivity index (χ2n) is 3.80. The summed E-state index contributed by atoms with van der Waals surface area (Å²) < 4.78 is 11.7. The molecule has 0 aliphatic heterocycles. The monoisotopic (exact) mass is 251 g/mol. The third-order valence-corrected chi connectivity index (χ3v) is 3.80. The summed E-state index contributed by atoms with van der Waals surface area (Å²) in [5.41, 5.74) is 1.40. The van der Waals surface area contributed by atoms with Crippen molar-refractivity contribution in [1.82, 2.24) is 0 Å². The maximum absolute atomic E-state index is 11.7. The topological polar surface area (TPSA) is 78.2 Å². The maximum Gasteiger partial charge on any atom is 0.307 e. The van der Waals surface area contributed by atoms with E-state index in [4.69, 9.17) is 10.4 Å². The van der Waals surface area contributed by atoms with Gasteiger partial charge in [-0.1, -0.05) is 19.1 Å². The second kappa shape index (κ2) is 6.16. The molecule has 0 saturated carbocycles. The number of benzene rings is 1. The van der Waals surface area contributed by atoms with Crippen LogP contribution in [0.25, 0.3) is 0 Å². The van der Waals surface area contributed by atoms with Gasteiger partial charge in [0.15, 0.2) is 0 Å². The lowest BCUT2D eigenvalue weighted by Crippen LogP contribution is -2.18. The standard InChI is InChI=1S/C12H13NO3S/c1-9(12(14)15)7-17(16)8-11-4-2-10(6-13)3-5-11/h2-5,9H,7-8H2,1H3,(H,14,15). The molecule has 0 aromatic heterocycles. The molecule has 0 aliphatic rings. The van der Waals surface area contributed by atoms with Crippen LogP contribution >= 0.6 is 0 Å². The van der Waals surface area contributed by atoms with Crippen LogP contribution in [0.15, 0.2) is 24.3 Å². The van der Waals surface area contributed by atoms with Gasteiger partial charge in [-0.3, -0.25) is 9.00 Å². The summed E-state index contributed by atoms with van der Waals surface area (Å²) in [6.07, 6.45) is 0. The molecule has 1 aromatic rings. The van der Waals surface area contributed by atoms with Crippen LogP contribution in [0.3, 0.4) is 0 Å². The van der Waals surface area contributed by atoms with Crippen molar-refractivity contribution in [3.63, 3.8) is 0 Å². The van der Waals surface area contributed by atoms with Gasteiger partial charge in [0.05, 0.1) is 17.6 Å². The van der Waals surface area contributed by atoms with Crippen molar-refractivity contribution in [2.24, 2.45) is 5.92 Å². The minimum absolute atomic E-state index is 0.148. The number of aliphatic carboxylic acids is 1. The maximum atomic E-state index is 11.7. The van der Waals surface area contributed by atoms with Crippen LogP contribution in [-0.2, 0) is 21.3 Å².